The van der Waals surface area contributed by atoms with Crippen molar-refractivity contribution in [2.75, 3.05) is 32.8 Å². The third-order valence-electron chi connectivity index (χ3n) is 4.83. The number of amides is 1. The zero-order valence-electron chi connectivity index (χ0n) is 15.8. The van der Waals surface area contributed by atoms with E-state index in [4.69, 9.17) is 16.3 Å². The lowest BCUT2D eigenvalue weighted by molar-refractivity contribution is -0.116. The molecule has 1 fully saturated rings. The predicted molar refractivity (Wildman–Crippen MR) is 110 cm³/mol. The molecule has 2 aromatic carbocycles. The van der Waals surface area contributed by atoms with E-state index in [1.54, 1.807) is 18.2 Å². The first kappa shape index (κ1) is 20.5. The van der Waals surface area contributed by atoms with E-state index in [-0.39, 0.29) is 17.8 Å². The van der Waals surface area contributed by atoms with E-state index in [0.29, 0.717) is 24.8 Å². The predicted octanol–water partition coefficient (Wildman–Crippen LogP) is 3.99. The van der Waals surface area contributed by atoms with Crippen LogP contribution in [-0.2, 0) is 9.53 Å². The first-order chi connectivity index (χ1) is 13.5. The van der Waals surface area contributed by atoms with Gasteiger partial charge in [-0.2, -0.15) is 0 Å². The van der Waals surface area contributed by atoms with Gasteiger partial charge < -0.3 is 10.1 Å². The molecule has 1 saturated heterocycles. The Balaban J connectivity index is 1.64. The lowest BCUT2D eigenvalue weighted by atomic mass is 10.0. The van der Waals surface area contributed by atoms with Crippen molar-refractivity contribution in [1.29, 1.82) is 0 Å². The molecule has 0 aromatic heterocycles. The minimum absolute atomic E-state index is 0.0318. The van der Waals surface area contributed by atoms with Crippen molar-refractivity contribution in [3.05, 3.63) is 76.1 Å². The van der Waals surface area contributed by atoms with Crippen molar-refractivity contribution in [1.82, 2.24) is 10.2 Å². The van der Waals surface area contributed by atoms with Gasteiger partial charge in [0, 0.05) is 30.7 Å². The molecule has 1 unspecified atom stereocenters. The Morgan fingerprint density at radius 3 is 2.64 bits per heavy atom. The molecule has 4 nitrogen and oxygen atoms in total. The molecule has 0 saturated carbocycles. The van der Waals surface area contributed by atoms with Gasteiger partial charge in [0.05, 0.1) is 19.3 Å². The van der Waals surface area contributed by atoms with E-state index in [2.05, 4.69) is 10.2 Å². The molecule has 6 heteroatoms. The van der Waals surface area contributed by atoms with Gasteiger partial charge in [0.1, 0.15) is 5.82 Å². The summed E-state index contributed by atoms with van der Waals surface area (Å²) in [5, 5.41) is 3.63. The van der Waals surface area contributed by atoms with Crippen LogP contribution in [0.1, 0.15) is 22.7 Å². The van der Waals surface area contributed by atoms with Gasteiger partial charge in [-0.05, 0) is 47.9 Å². The fourth-order valence-electron chi connectivity index (χ4n) is 3.17. The molecular weight excluding hydrogens is 379 g/mol. The molecule has 0 bridgehead atoms. The van der Waals surface area contributed by atoms with Gasteiger partial charge in [-0.25, -0.2) is 4.39 Å². The minimum atomic E-state index is -0.270. The Labute approximate surface area is 169 Å². The van der Waals surface area contributed by atoms with Crippen LogP contribution in [0.3, 0.4) is 0 Å². The number of carbonyl (C=O) groups is 1. The molecule has 28 heavy (non-hydrogen) atoms. The van der Waals surface area contributed by atoms with Gasteiger partial charge in [-0.15, -0.1) is 0 Å². The Morgan fingerprint density at radius 2 is 1.96 bits per heavy atom. The average Bonchev–Trinajstić information content (AvgIpc) is 2.71. The maximum Gasteiger partial charge on any atom is 0.244 e. The summed E-state index contributed by atoms with van der Waals surface area (Å²) >= 11 is 6.12. The fourth-order valence-corrected chi connectivity index (χ4v) is 3.36. The second-order valence-electron chi connectivity index (χ2n) is 6.80. The molecule has 3 rings (SSSR count). The smallest absolute Gasteiger partial charge is 0.244 e. The number of nitrogens with zero attached hydrogens (tertiary/aromatic N) is 1. The first-order valence-corrected chi connectivity index (χ1v) is 9.70. The van der Waals surface area contributed by atoms with Gasteiger partial charge in [0.25, 0.3) is 0 Å². The molecule has 1 amide bonds. The normalized spacial score (nSPS) is 16.2. The number of carbonyl (C=O) groups excluding carboxylic acids is 1. The van der Waals surface area contributed by atoms with Crippen molar-refractivity contribution in [3.63, 3.8) is 0 Å². The zero-order chi connectivity index (χ0) is 19.9. The quantitative estimate of drug-likeness (QED) is 0.743. The molecule has 2 aromatic rings. The maximum atomic E-state index is 13.3. The summed E-state index contributed by atoms with van der Waals surface area (Å²) in [7, 11) is 0. The van der Waals surface area contributed by atoms with Crippen molar-refractivity contribution < 1.29 is 13.9 Å². The monoisotopic (exact) mass is 402 g/mol. The van der Waals surface area contributed by atoms with Crippen molar-refractivity contribution in [2.45, 2.75) is 13.0 Å². The fraction of sp³-hybridized carbons (Fsp3) is 0.318. The second-order valence-corrected chi connectivity index (χ2v) is 7.21. The lowest BCUT2D eigenvalue weighted by Gasteiger charge is -2.34. The van der Waals surface area contributed by atoms with Crippen LogP contribution in [0.2, 0.25) is 5.02 Å². The van der Waals surface area contributed by atoms with Gasteiger partial charge in [0.2, 0.25) is 5.91 Å². The molecule has 148 valence electrons. The molecule has 1 heterocycles. The highest BCUT2D eigenvalue weighted by Gasteiger charge is 2.23. The molecule has 1 atom stereocenters. The number of halogens is 2. The third-order valence-corrected chi connectivity index (χ3v) is 5.24. The Kier molecular flexibility index (Phi) is 7.20. The standard InChI is InChI=1S/C22H24ClFN2O2/c1-16-2-3-17(14-20(16)23)4-9-22(27)25-15-21(26-10-12-28-13-11-26)18-5-7-19(24)8-6-18/h2-9,14,21H,10-13,15H2,1H3,(H,25,27)/b9-4+. The van der Waals surface area contributed by atoms with Crippen LogP contribution >= 0.6 is 11.6 Å². The summed E-state index contributed by atoms with van der Waals surface area (Å²) in [6.07, 6.45) is 3.24. The molecular formula is C22H24ClFN2O2. The van der Waals surface area contributed by atoms with Crippen LogP contribution < -0.4 is 5.32 Å². The second kappa shape index (κ2) is 9.82. The highest BCUT2D eigenvalue weighted by molar-refractivity contribution is 6.31. The van der Waals surface area contributed by atoms with Crippen LogP contribution in [0.25, 0.3) is 6.08 Å². The summed E-state index contributed by atoms with van der Waals surface area (Å²) in [5.41, 5.74) is 2.84. The van der Waals surface area contributed by atoms with Crippen LogP contribution in [0.4, 0.5) is 4.39 Å². The zero-order valence-corrected chi connectivity index (χ0v) is 16.6. The summed E-state index contributed by atoms with van der Waals surface area (Å²) < 4.78 is 18.7. The molecule has 1 aliphatic rings. The van der Waals surface area contributed by atoms with E-state index in [1.807, 2.05) is 25.1 Å². The minimum Gasteiger partial charge on any atom is -0.379 e. The Morgan fingerprint density at radius 1 is 1.25 bits per heavy atom. The van der Waals surface area contributed by atoms with Crippen LogP contribution in [0, 0.1) is 12.7 Å². The lowest BCUT2D eigenvalue weighted by Crippen LogP contribution is -2.43. The van der Waals surface area contributed by atoms with Crippen molar-refractivity contribution >= 4 is 23.6 Å². The van der Waals surface area contributed by atoms with E-state index in [9.17, 15) is 9.18 Å². The molecule has 0 radical (unpaired) electrons. The first-order valence-electron chi connectivity index (χ1n) is 9.32. The summed E-state index contributed by atoms with van der Waals surface area (Å²) in [4.78, 5) is 14.6. The summed E-state index contributed by atoms with van der Waals surface area (Å²) in [5.74, 6) is -0.453. The number of hydrogen-bond donors (Lipinski definition) is 1. The highest BCUT2D eigenvalue weighted by atomic mass is 35.5. The van der Waals surface area contributed by atoms with E-state index in [0.717, 1.165) is 29.8 Å². The number of nitrogens with one attached hydrogen (secondary N) is 1. The van der Waals surface area contributed by atoms with Crippen LogP contribution in [-0.4, -0.2) is 43.7 Å². The number of hydrogen-bond acceptors (Lipinski definition) is 3. The van der Waals surface area contributed by atoms with Gasteiger partial charge in [0.15, 0.2) is 0 Å². The van der Waals surface area contributed by atoms with Gasteiger partial charge >= 0.3 is 0 Å². The molecule has 0 aliphatic carbocycles. The van der Waals surface area contributed by atoms with Gasteiger partial charge in [-0.1, -0.05) is 35.9 Å². The van der Waals surface area contributed by atoms with Crippen molar-refractivity contribution in [2.24, 2.45) is 0 Å². The van der Waals surface area contributed by atoms with Crippen molar-refractivity contribution in [3.8, 4) is 0 Å². The van der Waals surface area contributed by atoms with Crippen LogP contribution in [0.15, 0.2) is 48.5 Å². The topological polar surface area (TPSA) is 41.6 Å². The van der Waals surface area contributed by atoms with E-state index in [1.165, 1.54) is 18.2 Å². The summed E-state index contributed by atoms with van der Waals surface area (Å²) in [6.45, 7) is 5.22. The third kappa shape index (κ3) is 5.64. The SMILES string of the molecule is Cc1ccc(/C=C/C(=O)NCC(c2ccc(F)cc2)N2CCOCC2)cc1Cl. The number of rotatable bonds is 6. The Bertz CT molecular complexity index is 833. The molecule has 1 N–H and O–H groups in total. The molecule has 0 spiro atoms. The maximum absolute atomic E-state index is 13.3. The van der Waals surface area contributed by atoms with E-state index >= 15 is 0 Å². The molecule has 1 aliphatic heterocycles. The van der Waals surface area contributed by atoms with Gasteiger partial charge in [-0.3, -0.25) is 9.69 Å². The highest BCUT2D eigenvalue weighted by Crippen LogP contribution is 2.22. The number of benzene rings is 2. The number of ether oxygens (including phenoxy) is 1. The van der Waals surface area contributed by atoms with E-state index < -0.39 is 0 Å². The Hall–Kier alpha value is -2.21. The number of morpholine rings is 1. The van der Waals surface area contributed by atoms with Crippen LogP contribution in [0.5, 0.6) is 0 Å². The largest absolute Gasteiger partial charge is 0.379 e. The number of aryl methyl sites for hydroxylation is 1. The average molecular weight is 403 g/mol. The summed E-state index contributed by atoms with van der Waals surface area (Å²) in [6, 6.07) is 12.1.